The molecule has 0 saturated carbocycles. The van der Waals surface area contributed by atoms with Gasteiger partial charge < -0.3 is 10.1 Å². The number of aromatic nitrogens is 1. The lowest BCUT2D eigenvalue weighted by molar-refractivity contribution is 0.131. The van der Waals surface area contributed by atoms with E-state index >= 15 is 0 Å². The normalized spacial score (nSPS) is 23.4. The van der Waals surface area contributed by atoms with E-state index in [0.717, 1.165) is 11.4 Å². The summed E-state index contributed by atoms with van der Waals surface area (Å²) in [4.78, 5) is 4.75. The predicted octanol–water partition coefficient (Wildman–Crippen LogP) is 4.69. The summed E-state index contributed by atoms with van der Waals surface area (Å²) in [6, 6.07) is 19.3. The molecule has 3 nitrogen and oxygen atoms in total. The summed E-state index contributed by atoms with van der Waals surface area (Å²) in [6.07, 6.45) is 0. The van der Waals surface area contributed by atoms with Crippen molar-refractivity contribution in [3.63, 3.8) is 0 Å². The van der Waals surface area contributed by atoms with Crippen molar-refractivity contribution in [2.24, 2.45) is 5.92 Å². The van der Waals surface area contributed by atoms with Gasteiger partial charge >= 0.3 is 0 Å². The van der Waals surface area contributed by atoms with Crippen molar-refractivity contribution in [2.75, 3.05) is 11.9 Å². The Labute approximate surface area is 141 Å². The topological polar surface area (TPSA) is 34.2 Å². The van der Waals surface area contributed by atoms with E-state index < -0.39 is 0 Å². The number of benzene rings is 2. The van der Waals surface area contributed by atoms with Gasteiger partial charge in [0.15, 0.2) is 0 Å². The Morgan fingerprint density at radius 2 is 1.88 bits per heavy atom. The molecule has 2 aliphatic heterocycles. The highest BCUT2D eigenvalue weighted by Gasteiger charge is 2.46. The maximum Gasteiger partial charge on any atom is 0.219 e. The average Bonchev–Trinajstić information content (AvgIpc) is 2.60. The number of hydrogen-bond donors (Lipinski definition) is 1. The lowest BCUT2D eigenvalue weighted by atomic mass is 9.65. The van der Waals surface area contributed by atoms with Crippen LogP contribution in [-0.4, -0.2) is 11.6 Å². The van der Waals surface area contributed by atoms with Crippen LogP contribution >= 0.6 is 0 Å². The third-order valence-electron chi connectivity index (χ3n) is 5.71. The van der Waals surface area contributed by atoms with Crippen molar-refractivity contribution in [3.8, 4) is 5.88 Å². The van der Waals surface area contributed by atoms with E-state index in [4.69, 9.17) is 9.72 Å². The van der Waals surface area contributed by atoms with Crippen LogP contribution in [0.25, 0.3) is 10.9 Å². The summed E-state index contributed by atoms with van der Waals surface area (Å²) in [5.74, 6) is 1.15. The van der Waals surface area contributed by atoms with Crippen molar-refractivity contribution in [2.45, 2.75) is 25.3 Å². The molecule has 3 aromatic rings. The van der Waals surface area contributed by atoms with Crippen LogP contribution in [0.3, 0.4) is 0 Å². The third-order valence-corrected chi connectivity index (χ3v) is 5.71. The van der Waals surface area contributed by atoms with E-state index in [1.54, 1.807) is 0 Å². The molecule has 0 fully saturated rings. The van der Waals surface area contributed by atoms with Gasteiger partial charge in [0.1, 0.15) is 0 Å². The Bertz CT molecular complexity index is 947. The highest BCUT2D eigenvalue weighted by Crippen LogP contribution is 2.51. The summed E-state index contributed by atoms with van der Waals surface area (Å²) in [7, 11) is 0. The molecule has 0 aliphatic carbocycles. The molecule has 120 valence electrons. The molecule has 0 bridgehead atoms. The fraction of sp³-hybridized carbons (Fsp3) is 0.286. The number of rotatable bonds is 0. The van der Waals surface area contributed by atoms with Gasteiger partial charge in [-0.05, 0) is 23.8 Å². The van der Waals surface area contributed by atoms with E-state index in [9.17, 15) is 0 Å². The molecule has 1 N–H and O–H groups in total. The maximum absolute atomic E-state index is 6.10. The molecule has 2 aliphatic rings. The molecule has 5 rings (SSSR count). The number of fused-ring (bicyclic) bond motifs is 5. The van der Waals surface area contributed by atoms with Crippen molar-refractivity contribution < 1.29 is 4.74 Å². The van der Waals surface area contributed by atoms with Crippen molar-refractivity contribution in [3.05, 3.63) is 65.7 Å². The lowest BCUT2D eigenvalue weighted by Gasteiger charge is -2.48. The average molecular weight is 316 g/mol. The largest absolute Gasteiger partial charge is 0.477 e. The monoisotopic (exact) mass is 316 g/mol. The molecule has 0 amide bonds. The molecule has 2 aromatic carbocycles. The van der Waals surface area contributed by atoms with Crippen LogP contribution in [0, 0.1) is 5.92 Å². The molecule has 3 heterocycles. The zero-order valence-corrected chi connectivity index (χ0v) is 13.9. The molecule has 24 heavy (non-hydrogen) atoms. The van der Waals surface area contributed by atoms with Crippen molar-refractivity contribution >= 4 is 16.6 Å². The highest BCUT2D eigenvalue weighted by molar-refractivity contribution is 5.80. The fourth-order valence-corrected chi connectivity index (χ4v) is 4.28. The van der Waals surface area contributed by atoms with Gasteiger partial charge in [0.2, 0.25) is 5.88 Å². The number of hydrogen-bond acceptors (Lipinski definition) is 3. The van der Waals surface area contributed by atoms with E-state index in [0.29, 0.717) is 12.5 Å². The van der Waals surface area contributed by atoms with E-state index in [1.807, 2.05) is 12.1 Å². The minimum atomic E-state index is 0.0514. The lowest BCUT2D eigenvalue weighted by Crippen LogP contribution is -2.46. The molecule has 2 atom stereocenters. The SMILES string of the molecule is CC1(C)c2ccccc2N[C@H]2c3cc4ccccc4nc3OC[C@H]21. The smallest absolute Gasteiger partial charge is 0.219 e. The predicted molar refractivity (Wildman–Crippen MR) is 96.6 cm³/mol. The van der Waals surface area contributed by atoms with Gasteiger partial charge in [-0.25, -0.2) is 4.98 Å². The first-order valence-corrected chi connectivity index (χ1v) is 8.53. The van der Waals surface area contributed by atoms with Crippen molar-refractivity contribution in [1.29, 1.82) is 0 Å². The summed E-state index contributed by atoms with van der Waals surface area (Å²) in [5, 5.41) is 4.92. The number of para-hydroxylation sites is 2. The van der Waals surface area contributed by atoms with Crippen LogP contribution in [0.2, 0.25) is 0 Å². The second-order valence-electron chi connectivity index (χ2n) is 7.38. The van der Waals surface area contributed by atoms with Crippen LogP contribution in [0.1, 0.15) is 31.0 Å². The number of pyridine rings is 1. The van der Waals surface area contributed by atoms with Gasteiger partial charge in [-0.15, -0.1) is 0 Å². The summed E-state index contributed by atoms with van der Waals surface area (Å²) in [6.45, 7) is 5.34. The van der Waals surface area contributed by atoms with Crippen LogP contribution in [0.5, 0.6) is 5.88 Å². The quantitative estimate of drug-likeness (QED) is 0.653. The van der Waals surface area contributed by atoms with Crippen LogP contribution in [-0.2, 0) is 5.41 Å². The number of ether oxygens (including phenoxy) is 1. The zero-order valence-electron chi connectivity index (χ0n) is 13.9. The Hall–Kier alpha value is -2.55. The first-order valence-electron chi connectivity index (χ1n) is 8.53. The molecule has 1 aromatic heterocycles. The molecular weight excluding hydrogens is 296 g/mol. The fourth-order valence-electron chi connectivity index (χ4n) is 4.28. The minimum Gasteiger partial charge on any atom is -0.477 e. The highest BCUT2D eigenvalue weighted by atomic mass is 16.5. The van der Waals surface area contributed by atoms with Crippen LogP contribution < -0.4 is 10.1 Å². The number of nitrogens with zero attached hydrogens (tertiary/aromatic N) is 1. The van der Waals surface area contributed by atoms with Crippen LogP contribution in [0.15, 0.2) is 54.6 Å². The van der Waals surface area contributed by atoms with Gasteiger partial charge in [0.05, 0.1) is 18.2 Å². The molecule has 0 unspecified atom stereocenters. The van der Waals surface area contributed by atoms with E-state index in [-0.39, 0.29) is 11.5 Å². The van der Waals surface area contributed by atoms with Crippen molar-refractivity contribution in [1.82, 2.24) is 4.98 Å². The second kappa shape index (κ2) is 4.73. The Kier molecular flexibility index (Phi) is 2.73. The summed E-state index contributed by atoms with van der Waals surface area (Å²) < 4.78 is 6.10. The second-order valence-corrected chi connectivity index (χ2v) is 7.38. The first-order chi connectivity index (χ1) is 11.6. The molecule has 3 heteroatoms. The van der Waals surface area contributed by atoms with Crippen LogP contribution in [0.4, 0.5) is 5.69 Å². The molecule has 0 saturated heterocycles. The van der Waals surface area contributed by atoms with E-state index in [2.05, 4.69) is 61.6 Å². The molecular formula is C21H20N2O. The Morgan fingerprint density at radius 1 is 1.08 bits per heavy atom. The standard InChI is InChI=1S/C21H20N2O/c1-21(2)15-8-4-6-10-18(15)22-19-14-11-13-7-3-5-9-17(13)23-20(14)24-12-16(19)21/h3-11,16,19,22H,12H2,1-2H3/t16-,19+/m1/s1. The number of nitrogens with one attached hydrogen (secondary N) is 1. The summed E-state index contributed by atoms with van der Waals surface area (Å²) >= 11 is 0. The maximum atomic E-state index is 6.10. The summed E-state index contributed by atoms with van der Waals surface area (Å²) in [5.41, 5.74) is 4.81. The van der Waals surface area contributed by atoms with Gasteiger partial charge in [-0.1, -0.05) is 50.2 Å². The van der Waals surface area contributed by atoms with E-state index in [1.165, 1.54) is 22.2 Å². The number of anilines is 1. The van der Waals surface area contributed by atoms with Gasteiger partial charge in [0, 0.05) is 28.0 Å². The Balaban J connectivity index is 1.70. The van der Waals surface area contributed by atoms with Gasteiger partial charge in [-0.3, -0.25) is 0 Å². The van der Waals surface area contributed by atoms with Gasteiger partial charge in [0.25, 0.3) is 0 Å². The first kappa shape index (κ1) is 13.8. The third kappa shape index (κ3) is 1.81. The Morgan fingerprint density at radius 3 is 2.79 bits per heavy atom. The van der Waals surface area contributed by atoms with Gasteiger partial charge in [-0.2, -0.15) is 0 Å². The molecule has 0 spiro atoms. The zero-order chi connectivity index (χ0) is 16.3. The minimum absolute atomic E-state index is 0.0514. The molecule has 0 radical (unpaired) electrons.